The van der Waals surface area contributed by atoms with Gasteiger partial charge >= 0.3 is 0 Å². The van der Waals surface area contributed by atoms with Crippen molar-refractivity contribution >= 4 is 5.78 Å². The van der Waals surface area contributed by atoms with Crippen LogP contribution in [0, 0.1) is 6.92 Å². The molecule has 0 radical (unpaired) electrons. The lowest BCUT2D eigenvalue weighted by Gasteiger charge is -2.05. The zero-order valence-corrected chi connectivity index (χ0v) is 11.8. The van der Waals surface area contributed by atoms with Crippen LogP contribution < -0.4 is 5.73 Å². The normalized spacial score (nSPS) is 20.9. The molecule has 1 saturated carbocycles. The van der Waals surface area contributed by atoms with Gasteiger partial charge in [-0.2, -0.15) is 5.10 Å². The van der Waals surface area contributed by atoms with Gasteiger partial charge in [-0.05, 0) is 31.0 Å². The third-order valence-electron chi connectivity index (χ3n) is 3.92. The molecule has 4 nitrogen and oxygen atoms in total. The highest BCUT2D eigenvalue weighted by Crippen LogP contribution is 2.39. The average Bonchev–Trinajstić information content (AvgIpc) is 3.06. The van der Waals surface area contributed by atoms with E-state index in [0.717, 1.165) is 23.4 Å². The molecule has 0 saturated heterocycles. The Kier molecular flexibility index (Phi) is 3.18. The van der Waals surface area contributed by atoms with Gasteiger partial charge in [0.15, 0.2) is 5.78 Å². The van der Waals surface area contributed by atoms with Gasteiger partial charge in [-0.3, -0.25) is 9.48 Å². The van der Waals surface area contributed by atoms with Gasteiger partial charge < -0.3 is 5.73 Å². The van der Waals surface area contributed by atoms with Gasteiger partial charge in [-0.1, -0.05) is 18.2 Å². The Balaban J connectivity index is 1.78. The summed E-state index contributed by atoms with van der Waals surface area (Å²) < 4.78 is 1.77. The molecule has 2 unspecified atom stereocenters. The SMILES string of the molecule is Cc1cc(CC(=O)c2cccc(C3CC3N)c2)n(C)n1. The summed E-state index contributed by atoms with van der Waals surface area (Å²) in [4.78, 5) is 12.4. The Hall–Kier alpha value is -1.94. The Morgan fingerprint density at radius 2 is 2.20 bits per heavy atom. The molecular weight excluding hydrogens is 250 g/mol. The van der Waals surface area contributed by atoms with Gasteiger partial charge in [0, 0.05) is 30.3 Å². The average molecular weight is 269 g/mol. The van der Waals surface area contributed by atoms with Crippen LogP contribution in [0.25, 0.3) is 0 Å². The summed E-state index contributed by atoms with van der Waals surface area (Å²) in [6.45, 7) is 1.93. The maximum atomic E-state index is 12.4. The molecule has 1 aliphatic rings. The minimum Gasteiger partial charge on any atom is -0.327 e. The number of hydrogen-bond donors (Lipinski definition) is 1. The van der Waals surface area contributed by atoms with Crippen LogP contribution in [-0.2, 0) is 13.5 Å². The number of aromatic nitrogens is 2. The second-order valence-electron chi connectivity index (χ2n) is 5.63. The molecule has 1 aromatic heterocycles. The van der Waals surface area contributed by atoms with Crippen molar-refractivity contribution in [2.75, 3.05) is 0 Å². The lowest BCUT2D eigenvalue weighted by molar-refractivity contribution is 0.0990. The molecule has 1 fully saturated rings. The molecule has 0 aliphatic heterocycles. The predicted molar refractivity (Wildman–Crippen MR) is 77.8 cm³/mol. The zero-order valence-electron chi connectivity index (χ0n) is 11.8. The lowest BCUT2D eigenvalue weighted by Crippen LogP contribution is -2.08. The van der Waals surface area contributed by atoms with E-state index in [9.17, 15) is 4.79 Å². The first-order chi connectivity index (χ1) is 9.54. The van der Waals surface area contributed by atoms with E-state index in [2.05, 4.69) is 11.2 Å². The first-order valence-electron chi connectivity index (χ1n) is 6.93. The monoisotopic (exact) mass is 269 g/mol. The fourth-order valence-electron chi connectivity index (χ4n) is 2.64. The highest BCUT2D eigenvalue weighted by atomic mass is 16.1. The largest absolute Gasteiger partial charge is 0.327 e. The van der Waals surface area contributed by atoms with Crippen molar-refractivity contribution in [2.24, 2.45) is 12.8 Å². The molecule has 0 bridgehead atoms. The van der Waals surface area contributed by atoms with E-state index >= 15 is 0 Å². The number of Topliss-reactive ketones (excluding diaryl/α,β-unsaturated/α-hetero) is 1. The second kappa shape index (κ2) is 4.87. The molecule has 1 heterocycles. The maximum absolute atomic E-state index is 12.4. The molecule has 104 valence electrons. The van der Waals surface area contributed by atoms with E-state index in [1.165, 1.54) is 5.56 Å². The minimum atomic E-state index is 0.129. The quantitative estimate of drug-likeness (QED) is 0.863. The van der Waals surface area contributed by atoms with Crippen LogP contribution in [0.4, 0.5) is 0 Å². The van der Waals surface area contributed by atoms with Crippen molar-refractivity contribution in [3.63, 3.8) is 0 Å². The van der Waals surface area contributed by atoms with Gasteiger partial charge in [0.05, 0.1) is 12.1 Å². The Labute approximate surface area is 118 Å². The van der Waals surface area contributed by atoms with Crippen molar-refractivity contribution in [1.82, 2.24) is 9.78 Å². The molecule has 2 atom stereocenters. The number of aryl methyl sites for hydroxylation is 2. The Morgan fingerprint density at radius 3 is 2.80 bits per heavy atom. The van der Waals surface area contributed by atoms with Crippen molar-refractivity contribution in [1.29, 1.82) is 0 Å². The molecule has 0 spiro atoms. The molecule has 20 heavy (non-hydrogen) atoms. The van der Waals surface area contributed by atoms with Gasteiger partial charge in [0.1, 0.15) is 0 Å². The number of nitrogens with zero attached hydrogens (tertiary/aromatic N) is 2. The Bertz CT molecular complexity index is 659. The van der Waals surface area contributed by atoms with Gasteiger partial charge in [0.2, 0.25) is 0 Å². The first-order valence-corrected chi connectivity index (χ1v) is 6.93. The van der Waals surface area contributed by atoms with Crippen LogP contribution in [0.2, 0.25) is 0 Å². The van der Waals surface area contributed by atoms with E-state index in [1.54, 1.807) is 4.68 Å². The summed E-state index contributed by atoms with van der Waals surface area (Å²) >= 11 is 0. The molecule has 2 N–H and O–H groups in total. The molecule has 0 amide bonds. The van der Waals surface area contributed by atoms with Gasteiger partial charge in [0.25, 0.3) is 0 Å². The highest BCUT2D eigenvalue weighted by molar-refractivity contribution is 5.97. The van der Waals surface area contributed by atoms with Crippen LogP contribution >= 0.6 is 0 Å². The van der Waals surface area contributed by atoms with Crippen molar-refractivity contribution < 1.29 is 4.79 Å². The van der Waals surface area contributed by atoms with Crippen molar-refractivity contribution in [3.05, 3.63) is 52.8 Å². The highest BCUT2D eigenvalue weighted by Gasteiger charge is 2.34. The summed E-state index contributed by atoms with van der Waals surface area (Å²) in [5.74, 6) is 0.561. The van der Waals surface area contributed by atoms with Crippen LogP contribution in [-0.4, -0.2) is 21.6 Å². The molecule has 1 aliphatic carbocycles. The van der Waals surface area contributed by atoms with Crippen LogP contribution in [0.5, 0.6) is 0 Å². The van der Waals surface area contributed by atoms with Gasteiger partial charge in [-0.25, -0.2) is 0 Å². The van der Waals surface area contributed by atoms with E-state index in [0.29, 0.717) is 12.3 Å². The standard InChI is InChI=1S/C16H19N3O/c1-10-6-13(19(2)18-10)8-16(20)12-5-3-4-11(7-12)14-9-15(14)17/h3-7,14-15H,8-9,17H2,1-2H3. The number of hydrogen-bond acceptors (Lipinski definition) is 3. The van der Waals surface area contributed by atoms with Crippen molar-refractivity contribution in [3.8, 4) is 0 Å². The van der Waals surface area contributed by atoms with Crippen LogP contribution in [0.1, 0.15) is 39.6 Å². The van der Waals surface area contributed by atoms with Gasteiger partial charge in [-0.15, -0.1) is 0 Å². The molecule has 2 aromatic rings. The van der Waals surface area contributed by atoms with E-state index in [-0.39, 0.29) is 11.8 Å². The molecular formula is C16H19N3O. The fourth-order valence-corrected chi connectivity index (χ4v) is 2.64. The van der Waals surface area contributed by atoms with E-state index in [1.807, 2.05) is 38.2 Å². The summed E-state index contributed by atoms with van der Waals surface area (Å²) in [6.07, 6.45) is 1.41. The number of ketones is 1. The maximum Gasteiger partial charge on any atom is 0.168 e. The summed E-state index contributed by atoms with van der Waals surface area (Å²) in [5, 5.41) is 4.27. The number of carbonyl (C=O) groups excluding carboxylic acids is 1. The third kappa shape index (κ3) is 2.51. The van der Waals surface area contributed by atoms with E-state index in [4.69, 9.17) is 5.73 Å². The zero-order chi connectivity index (χ0) is 14.3. The topological polar surface area (TPSA) is 60.9 Å². The molecule has 3 rings (SSSR count). The summed E-state index contributed by atoms with van der Waals surface area (Å²) in [6, 6.07) is 10.1. The van der Waals surface area contributed by atoms with Crippen LogP contribution in [0.3, 0.4) is 0 Å². The summed E-state index contributed by atoms with van der Waals surface area (Å²) in [5.41, 5.74) is 9.71. The molecule has 1 aromatic carbocycles. The lowest BCUT2D eigenvalue weighted by atomic mass is 10.0. The first kappa shape index (κ1) is 13.1. The van der Waals surface area contributed by atoms with Crippen molar-refractivity contribution in [2.45, 2.75) is 31.7 Å². The predicted octanol–water partition coefficient (Wildman–Crippen LogP) is 1.97. The number of benzene rings is 1. The number of nitrogens with two attached hydrogens (primary N) is 1. The second-order valence-corrected chi connectivity index (χ2v) is 5.63. The number of rotatable bonds is 4. The Morgan fingerprint density at radius 1 is 1.45 bits per heavy atom. The smallest absolute Gasteiger partial charge is 0.168 e. The minimum absolute atomic E-state index is 0.129. The van der Waals surface area contributed by atoms with E-state index < -0.39 is 0 Å². The molecule has 4 heteroatoms. The third-order valence-corrected chi connectivity index (χ3v) is 3.92. The van der Waals surface area contributed by atoms with Crippen LogP contribution in [0.15, 0.2) is 30.3 Å². The summed E-state index contributed by atoms with van der Waals surface area (Å²) in [7, 11) is 1.87. The fraction of sp³-hybridized carbons (Fsp3) is 0.375. The number of carbonyl (C=O) groups is 1.